The minimum atomic E-state index is -0.153. The molecule has 2 N–H and O–H groups in total. The molecular formula is C8H11N3O2S. The van der Waals surface area contributed by atoms with Gasteiger partial charge >= 0.3 is 0 Å². The Morgan fingerprint density at radius 2 is 2.50 bits per heavy atom. The van der Waals surface area contributed by atoms with Crippen molar-refractivity contribution in [3.63, 3.8) is 0 Å². The first-order chi connectivity index (χ1) is 6.76. The second-order valence-electron chi connectivity index (χ2n) is 3.62. The molecule has 5 nitrogen and oxygen atoms in total. The Hall–Kier alpha value is -1.01. The summed E-state index contributed by atoms with van der Waals surface area (Å²) >= 11 is 1.07. The standard InChI is InChI=1S/C8H11N3O2S/c12-5-8(1-2-8)4-9-7(13)6-3-10-11-14-6/h3,12H,1-2,4-5H2,(H,9,13). The maximum absolute atomic E-state index is 11.4. The largest absolute Gasteiger partial charge is 0.396 e. The van der Waals surface area contributed by atoms with Gasteiger partial charge in [0.2, 0.25) is 0 Å². The van der Waals surface area contributed by atoms with E-state index in [0.717, 1.165) is 24.4 Å². The van der Waals surface area contributed by atoms with Crippen LogP contribution in [0.15, 0.2) is 6.20 Å². The van der Waals surface area contributed by atoms with Crippen LogP contribution in [0.2, 0.25) is 0 Å². The van der Waals surface area contributed by atoms with E-state index >= 15 is 0 Å². The number of carbonyl (C=O) groups excluding carboxylic acids is 1. The summed E-state index contributed by atoms with van der Waals surface area (Å²) in [4.78, 5) is 11.9. The van der Waals surface area contributed by atoms with Crippen molar-refractivity contribution in [1.82, 2.24) is 14.9 Å². The van der Waals surface area contributed by atoms with Gasteiger partial charge in [0.15, 0.2) is 0 Å². The van der Waals surface area contributed by atoms with Gasteiger partial charge in [-0.1, -0.05) is 4.49 Å². The van der Waals surface area contributed by atoms with Crippen LogP contribution in [0, 0.1) is 5.41 Å². The zero-order valence-electron chi connectivity index (χ0n) is 7.56. The first-order valence-electron chi connectivity index (χ1n) is 4.42. The van der Waals surface area contributed by atoms with E-state index in [4.69, 9.17) is 5.11 Å². The number of rotatable bonds is 4. The van der Waals surface area contributed by atoms with Gasteiger partial charge in [-0.3, -0.25) is 4.79 Å². The van der Waals surface area contributed by atoms with Gasteiger partial charge in [0, 0.05) is 12.0 Å². The van der Waals surface area contributed by atoms with Gasteiger partial charge in [0.25, 0.3) is 5.91 Å². The minimum absolute atomic E-state index is 0.0478. The molecule has 1 aromatic heterocycles. The molecule has 1 amide bonds. The minimum Gasteiger partial charge on any atom is -0.396 e. The maximum Gasteiger partial charge on any atom is 0.264 e. The molecule has 2 rings (SSSR count). The van der Waals surface area contributed by atoms with Crippen LogP contribution in [0.3, 0.4) is 0 Å². The van der Waals surface area contributed by atoms with E-state index in [0.29, 0.717) is 11.4 Å². The molecule has 0 spiro atoms. The molecular weight excluding hydrogens is 202 g/mol. The Labute approximate surface area is 85.3 Å². The first kappa shape index (κ1) is 9.54. The van der Waals surface area contributed by atoms with Gasteiger partial charge in [0.05, 0.1) is 12.8 Å². The van der Waals surface area contributed by atoms with E-state index in [1.54, 1.807) is 0 Å². The number of hydrogen-bond acceptors (Lipinski definition) is 5. The van der Waals surface area contributed by atoms with Crippen molar-refractivity contribution >= 4 is 17.4 Å². The van der Waals surface area contributed by atoms with Crippen LogP contribution >= 0.6 is 11.5 Å². The molecule has 1 aromatic rings. The number of carbonyl (C=O) groups is 1. The summed E-state index contributed by atoms with van der Waals surface area (Å²) in [6.07, 6.45) is 3.42. The highest BCUT2D eigenvalue weighted by atomic mass is 32.1. The van der Waals surface area contributed by atoms with Crippen molar-refractivity contribution < 1.29 is 9.90 Å². The summed E-state index contributed by atoms with van der Waals surface area (Å²) in [7, 11) is 0. The molecule has 1 heterocycles. The average Bonchev–Trinajstić information content (AvgIpc) is 2.78. The van der Waals surface area contributed by atoms with Crippen LogP contribution in [-0.2, 0) is 0 Å². The number of nitrogens with one attached hydrogen (secondary N) is 1. The van der Waals surface area contributed by atoms with E-state index in [2.05, 4.69) is 14.9 Å². The molecule has 6 heteroatoms. The van der Waals surface area contributed by atoms with E-state index in [9.17, 15) is 4.79 Å². The van der Waals surface area contributed by atoms with E-state index in [-0.39, 0.29) is 17.9 Å². The zero-order chi connectivity index (χ0) is 10.0. The Kier molecular flexibility index (Phi) is 2.47. The SMILES string of the molecule is O=C(NCC1(CO)CC1)c1cnns1. The fourth-order valence-electron chi connectivity index (χ4n) is 1.19. The van der Waals surface area contributed by atoms with Crippen molar-refractivity contribution in [2.45, 2.75) is 12.8 Å². The molecule has 76 valence electrons. The van der Waals surface area contributed by atoms with Crippen LogP contribution in [0.4, 0.5) is 0 Å². The Bertz CT molecular complexity index is 321. The molecule has 0 aliphatic heterocycles. The van der Waals surface area contributed by atoms with Gasteiger partial charge in [-0.15, -0.1) is 5.10 Å². The van der Waals surface area contributed by atoms with E-state index in [1.807, 2.05) is 0 Å². The molecule has 0 aromatic carbocycles. The molecule has 0 atom stereocenters. The molecule has 1 fully saturated rings. The van der Waals surface area contributed by atoms with Crippen molar-refractivity contribution in [2.75, 3.05) is 13.2 Å². The average molecular weight is 213 g/mol. The zero-order valence-corrected chi connectivity index (χ0v) is 8.38. The van der Waals surface area contributed by atoms with Crippen LogP contribution < -0.4 is 5.32 Å². The Morgan fingerprint density at radius 3 is 3.00 bits per heavy atom. The highest BCUT2D eigenvalue weighted by molar-refractivity contribution is 7.07. The van der Waals surface area contributed by atoms with Gasteiger partial charge in [-0.2, -0.15) is 0 Å². The topological polar surface area (TPSA) is 75.1 Å². The summed E-state index contributed by atoms with van der Waals surface area (Å²) in [6, 6.07) is 0. The first-order valence-corrected chi connectivity index (χ1v) is 5.20. The van der Waals surface area contributed by atoms with Gasteiger partial charge in [-0.25, -0.2) is 0 Å². The van der Waals surface area contributed by atoms with Crippen LogP contribution in [-0.4, -0.2) is 33.8 Å². The smallest absolute Gasteiger partial charge is 0.264 e. The molecule has 0 unspecified atom stereocenters. The number of hydrogen-bond donors (Lipinski definition) is 2. The normalized spacial score (nSPS) is 17.8. The van der Waals surface area contributed by atoms with Gasteiger partial charge in [-0.05, 0) is 24.4 Å². The highest BCUT2D eigenvalue weighted by Crippen LogP contribution is 2.44. The summed E-state index contributed by atoms with van der Waals surface area (Å²) in [6.45, 7) is 0.689. The van der Waals surface area contributed by atoms with Crippen LogP contribution in [0.5, 0.6) is 0 Å². The number of amides is 1. The lowest BCUT2D eigenvalue weighted by molar-refractivity contribution is 0.0939. The molecule has 1 aliphatic rings. The van der Waals surface area contributed by atoms with Crippen LogP contribution in [0.1, 0.15) is 22.5 Å². The second-order valence-corrected chi connectivity index (χ2v) is 4.41. The van der Waals surface area contributed by atoms with E-state index in [1.165, 1.54) is 6.20 Å². The Balaban J connectivity index is 1.84. The van der Waals surface area contributed by atoms with Gasteiger partial charge in [0.1, 0.15) is 4.88 Å². The lowest BCUT2D eigenvalue weighted by atomic mass is 10.1. The predicted octanol–water partition coefficient (Wildman–Crippen LogP) is 0.0404. The molecule has 14 heavy (non-hydrogen) atoms. The maximum atomic E-state index is 11.4. The molecule has 1 saturated carbocycles. The third-order valence-corrected chi connectivity index (χ3v) is 3.16. The second kappa shape index (κ2) is 3.62. The number of nitrogens with zero attached hydrogens (tertiary/aromatic N) is 2. The third kappa shape index (κ3) is 1.91. The number of aliphatic hydroxyl groups excluding tert-OH is 1. The molecule has 0 saturated heterocycles. The molecule has 0 radical (unpaired) electrons. The molecule has 1 aliphatic carbocycles. The summed E-state index contributed by atoms with van der Waals surface area (Å²) in [5.74, 6) is -0.153. The van der Waals surface area contributed by atoms with Gasteiger partial charge < -0.3 is 10.4 Å². The van der Waals surface area contributed by atoms with E-state index < -0.39 is 0 Å². The lowest BCUT2D eigenvalue weighted by Gasteiger charge is -2.11. The number of aliphatic hydroxyl groups is 1. The van der Waals surface area contributed by atoms with Crippen LogP contribution in [0.25, 0.3) is 0 Å². The Morgan fingerprint density at radius 1 is 1.71 bits per heavy atom. The quantitative estimate of drug-likeness (QED) is 0.740. The summed E-state index contributed by atoms with van der Waals surface area (Å²) in [5.41, 5.74) is -0.0478. The fourth-order valence-corrected chi connectivity index (χ4v) is 1.62. The summed E-state index contributed by atoms with van der Waals surface area (Å²) in [5, 5.41) is 15.4. The predicted molar refractivity (Wildman–Crippen MR) is 51.0 cm³/mol. The molecule has 0 bridgehead atoms. The van der Waals surface area contributed by atoms with Crippen molar-refractivity contribution in [1.29, 1.82) is 0 Å². The van der Waals surface area contributed by atoms with Crippen molar-refractivity contribution in [2.24, 2.45) is 5.41 Å². The summed E-state index contributed by atoms with van der Waals surface area (Å²) < 4.78 is 3.60. The van der Waals surface area contributed by atoms with Crippen molar-refractivity contribution in [3.8, 4) is 0 Å². The monoisotopic (exact) mass is 213 g/mol. The fraction of sp³-hybridized carbons (Fsp3) is 0.625. The van der Waals surface area contributed by atoms with Crippen molar-refractivity contribution in [3.05, 3.63) is 11.1 Å². The lowest BCUT2D eigenvalue weighted by Crippen LogP contribution is -2.31. The number of aromatic nitrogens is 2. The third-order valence-electron chi connectivity index (χ3n) is 2.50. The highest BCUT2D eigenvalue weighted by Gasteiger charge is 2.42.